The van der Waals surface area contributed by atoms with Gasteiger partial charge in [0.25, 0.3) is 0 Å². The maximum Gasteiger partial charge on any atom is 0.142 e. The van der Waals surface area contributed by atoms with Crippen LogP contribution in [-0.2, 0) is 6.54 Å². The summed E-state index contributed by atoms with van der Waals surface area (Å²) in [6, 6.07) is 9.93. The van der Waals surface area contributed by atoms with E-state index in [2.05, 4.69) is 25.9 Å². The summed E-state index contributed by atoms with van der Waals surface area (Å²) in [5, 5.41) is 0. The van der Waals surface area contributed by atoms with Gasteiger partial charge >= 0.3 is 0 Å². The van der Waals surface area contributed by atoms with E-state index in [0.29, 0.717) is 12.3 Å². The molecular formula is C18H20N6O. The van der Waals surface area contributed by atoms with Crippen molar-refractivity contribution < 1.29 is 4.74 Å². The number of nitrogens with one attached hydrogen (secondary N) is 1. The van der Waals surface area contributed by atoms with Gasteiger partial charge in [-0.3, -0.25) is 0 Å². The van der Waals surface area contributed by atoms with Crippen molar-refractivity contribution in [1.29, 1.82) is 0 Å². The van der Waals surface area contributed by atoms with Gasteiger partial charge in [-0.1, -0.05) is 0 Å². The SMILES string of the molecule is CN(c1ccc2c(c1)N(Cc1c[nH]cn1)CCO2)c1ccc(N)cn1. The highest BCUT2D eigenvalue weighted by Gasteiger charge is 2.20. The zero-order chi connectivity index (χ0) is 17.2. The molecule has 25 heavy (non-hydrogen) atoms. The Bertz CT molecular complexity index is 847. The van der Waals surface area contributed by atoms with Crippen molar-refractivity contribution in [1.82, 2.24) is 15.0 Å². The highest BCUT2D eigenvalue weighted by Crippen LogP contribution is 2.37. The number of H-pyrrole nitrogens is 1. The van der Waals surface area contributed by atoms with Gasteiger partial charge in [-0.25, -0.2) is 9.97 Å². The van der Waals surface area contributed by atoms with E-state index < -0.39 is 0 Å². The molecule has 7 heteroatoms. The minimum atomic E-state index is 0.654. The fourth-order valence-electron chi connectivity index (χ4n) is 2.94. The summed E-state index contributed by atoms with van der Waals surface area (Å²) in [4.78, 5) is 16.0. The van der Waals surface area contributed by atoms with E-state index in [1.54, 1.807) is 12.5 Å². The normalized spacial score (nSPS) is 13.2. The zero-order valence-electron chi connectivity index (χ0n) is 14.0. The van der Waals surface area contributed by atoms with Crippen molar-refractivity contribution in [2.75, 3.05) is 35.7 Å². The lowest BCUT2D eigenvalue weighted by atomic mass is 10.2. The molecule has 2 aromatic heterocycles. The number of benzene rings is 1. The van der Waals surface area contributed by atoms with E-state index in [1.165, 1.54) is 0 Å². The molecule has 0 atom stereocenters. The summed E-state index contributed by atoms with van der Waals surface area (Å²) in [5.74, 6) is 1.73. The van der Waals surface area contributed by atoms with Crippen LogP contribution in [0.15, 0.2) is 49.1 Å². The molecule has 1 aromatic carbocycles. The lowest BCUT2D eigenvalue weighted by molar-refractivity contribution is 0.306. The number of aromatic amines is 1. The number of fused-ring (bicyclic) bond motifs is 1. The number of ether oxygens (including phenoxy) is 1. The molecule has 3 aromatic rings. The van der Waals surface area contributed by atoms with Crippen LogP contribution in [0.4, 0.5) is 22.9 Å². The zero-order valence-corrected chi connectivity index (χ0v) is 14.0. The summed E-state index contributed by atoms with van der Waals surface area (Å²) in [6.07, 6.45) is 5.29. The Morgan fingerprint density at radius 1 is 1.28 bits per heavy atom. The third-order valence-electron chi connectivity index (χ3n) is 4.31. The Labute approximate surface area is 146 Å². The summed E-state index contributed by atoms with van der Waals surface area (Å²) in [5.41, 5.74) is 9.49. The van der Waals surface area contributed by atoms with Gasteiger partial charge in [0.15, 0.2) is 0 Å². The van der Waals surface area contributed by atoms with Gasteiger partial charge in [0.05, 0.1) is 42.7 Å². The van der Waals surface area contributed by atoms with Crippen molar-refractivity contribution >= 4 is 22.9 Å². The Balaban J connectivity index is 1.64. The summed E-state index contributed by atoms with van der Waals surface area (Å²) in [7, 11) is 1.99. The third kappa shape index (κ3) is 3.08. The van der Waals surface area contributed by atoms with Gasteiger partial charge < -0.3 is 25.3 Å². The summed E-state index contributed by atoms with van der Waals surface area (Å²) in [6.45, 7) is 2.24. The molecule has 0 bridgehead atoms. The maximum absolute atomic E-state index is 5.81. The van der Waals surface area contributed by atoms with Crippen LogP contribution in [0.25, 0.3) is 0 Å². The molecule has 0 aliphatic carbocycles. The fraction of sp³-hybridized carbons (Fsp3) is 0.222. The predicted octanol–water partition coefficient (Wildman–Crippen LogP) is 2.55. The van der Waals surface area contributed by atoms with Crippen LogP contribution in [0.1, 0.15) is 5.69 Å². The van der Waals surface area contributed by atoms with Crippen molar-refractivity contribution in [3.63, 3.8) is 0 Å². The van der Waals surface area contributed by atoms with E-state index in [-0.39, 0.29) is 0 Å². The molecule has 0 saturated heterocycles. The standard InChI is InChI=1S/C18H20N6O/c1-23(18-5-2-13(19)9-21-18)15-3-4-17-16(8-15)24(6-7-25-17)11-14-10-20-12-22-14/h2-5,8-10,12H,6-7,11,19H2,1H3,(H,20,22). The van der Waals surface area contributed by atoms with Gasteiger partial charge in [-0.15, -0.1) is 0 Å². The molecule has 0 unspecified atom stereocenters. The minimum Gasteiger partial charge on any atom is -0.490 e. The molecule has 3 N–H and O–H groups in total. The third-order valence-corrected chi connectivity index (χ3v) is 4.31. The fourth-order valence-corrected chi connectivity index (χ4v) is 2.94. The number of nitrogen functional groups attached to an aromatic ring is 1. The number of rotatable bonds is 4. The van der Waals surface area contributed by atoms with E-state index in [9.17, 15) is 0 Å². The largest absolute Gasteiger partial charge is 0.490 e. The number of hydrogen-bond acceptors (Lipinski definition) is 6. The molecular weight excluding hydrogens is 316 g/mol. The number of imidazole rings is 1. The first-order chi connectivity index (χ1) is 12.2. The van der Waals surface area contributed by atoms with Crippen molar-refractivity contribution in [2.24, 2.45) is 0 Å². The van der Waals surface area contributed by atoms with E-state index in [1.807, 2.05) is 42.4 Å². The highest BCUT2D eigenvalue weighted by atomic mass is 16.5. The quantitative estimate of drug-likeness (QED) is 0.762. The number of nitrogens with two attached hydrogens (primary N) is 1. The van der Waals surface area contributed by atoms with Gasteiger partial charge in [0.2, 0.25) is 0 Å². The van der Waals surface area contributed by atoms with Crippen LogP contribution in [-0.4, -0.2) is 35.2 Å². The van der Waals surface area contributed by atoms with Crippen molar-refractivity contribution in [2.45, 2.75) is 6.54 Å². The molecule has 0 spiro atoms. The maximum atomic E-state index is 5.81. The van der Waals surface area contributed by atoms with E-state index in [4.69, 9.17) is 10.5 Å². The molecule has 0 saturated carbocycles. The summed E-state index contributed by atoms with van der Waals surface area (Å²) >= 11 is 0. The van der Waals surface area contributed by atoms with E-state index >= 15 is 0 Å². The number of pyridine rings is 1. The molecule has 1 aliphatic rings. The minimum absolute atomic E-state index is 0.654. The highest BCUT2D eigenvalue weighted by molar-refractivity contribution is 5.71. The first-order valence-electron chi connectivity index (χ1n) is 8.15. The van der Waals surface area contributed by atoms with Gasteiger partial charge in [0.1, 0.15) is 18.2 Å². The molecule has 0 amide bonds. The second-order valence-electron chi connectivity index (χ2n) is 5.99. The van der Waals surface area contributed by atoms with Crippen LogP contribution in [0.5, 0.6) is 5.75 Å². The van der Waals surface area contributed by atoms with Gasteiger partial charge in [-0.2, -0.15) is 0 Å². The Kier molecular flexibility index (Phi) is 3.89. The first kappa shape index (κ1) is 15.3. The number of hydrogen-bond donors (Lipinski definition) is 2. The lowest BCUT2D eigenvalue weighted by Crippen LogP contribution is -2.32. The Hall–Kier alpha value is -3.22. The average Bonchev–Trinajstić information content (AvgIpc) is 3.15. The van der Waals surface area contributed by atoms with Crippen LogP contribution < -0.4 is 20.3 Å². The van der Waals surface area contributed by atoms with E-state index in [0.717, 1.165) is 41.7 Å². The smallest absolute Gasteiger partial charge is 0.142 e. The average molecular weight is 336 g/mol. The molecule has 4 rings (SSSR count). The molecule has 0 radical (unpaired) electrons. The summed E-state index contributed by atoms with van der Waals surface area (Å²) < 4.78 is 5.81. The predicted molar refractivity (Wildman–Crippen MR) is 98.3 cm³/mol. The number of nitrogens with zero attached hydrogens (tertiary/aromatic N) is 4. The number of aromatic nitrogens is 3. The van der Waals surface area contributed by atoms with Crippen LogP contribution >= 0.6 is 0 Å². The Morgan fingerprint density at radius 3 is 2.96 bits per heavy atom. The monoisotopic (exact) mass is 336 g/mol. The van der Waals surface area contributed by atoms with Gasteiger partial charge in [-0.05, 0) is 30.3 Å². The first-order valence-corrected chi connectivity index (χ1v) is 8.15. The Morgan fingerprint density at radius 2 is 2.20 bits per heavy atom. The molecule has 128 valence electrons. The van der Waals surface area contributed by atoms with Crippen LogP contribution in [0, 0.1) is 0 Å². The molecule has 3 heterocycles. The lowest BCUT2D eigenvalue weighted by Gasteiger charge is -2.32. The topological polar surface area (TPSA) is 83.3 Å². The molecule has 1 aliphatic heterocycles. The van der Waals surface area contributed by atoms with Crippen molar-refractivity contribution in [3.05, 3.63) is 54.7 Å². The van der Waals surface area contributed by atoms with Crippen molar-refractivity contribution in [3.8, 4) is 5.75 Å². The number of anilines is 4. The molecule has 0 fully saturated rings. The van der Waals surface area contributed by atoms with Crippen LogP contribution in [0.3, 0.4) is 0 Å². The second kappa shape index (κ2) is 6.35. The van der Waals surface area contributed by atoms with Gasteiger partial charge in [0, 0.05) is 18.9 Å². The second-order valence-corrected chi connectivity index (χ2v) is 5.99. The molecule has 7 nitrogen and oxygen atoms in total. The van der Waals surface area contributed by atoms with Crippen LogP contribution in [0.2, 0.25) is 0 Å².